The van der Waals surface area contributed by atoms with Crippen molar-refractivity contribution in [2.75, 3.05) is 0 Å². The summed E-state index contributed by atoms with van der Waals surface area (Å²) >= 11 is 0. The van der Waals surface area contributed by atoms with Gasteiger partial charge in [0.15, 0.2) is 0 Å². The Morgan fingerprint density at radius 2 is 2.40 bits per heavy atom. The van der Waals surface area contributed by atoms with Crippen LogP contribution >= 0.6 is 0 Å². The zero-order chi connectivity index (χ0) is 6.97. The average molecular weight is 135 g/mol. The SMILES string of the molecule is O=C1N=N[C@H]2C=NC=C[C@H]12. The van der Waals surface area contributed by atoms with E-state index >= 15 is 0 Å². The molecule has 0 bridgehead atoms. The van der Waals surface area contributed by atoms with Gasteiger partial charge in [0.2, 0.25) is 0 Å². The Balaban J connectivity index is 2.34. The summed E-state index contributed by atoms with van der Waals surface area (Å²) in [4.78, 5) is 14.7. The van der Waals surface area contributed by atoms with Crippen molar-refractivity contribution in [3.05, 3.63) is 12.3 Å². The zero-order valence-corrected chi connectivity index (χ0v) is 5.14. The van der Waals surface area contributed by atoms with E-state index in [-0.39, 0.29) is 17.9 Å². The van der Waals surface area contributed by atoms with Gasteiger partial charge in [-0.2, -0.15) is 5.11 Å². The monoisotopic (exact) mass is 135 g/mol. The molecule has 2 atom stereocenters. The lowest BCUT2D eigenvalue weighted by Gasteiger charge is -2.06. The van der Waals surface area contributed by atoms with Crippen molar-refractivity contribution in [3.8, 4) is 0 Å². The first-order chi connectivity index (χ1) is 4.88. The Kier molecular flexibility index (Phi) is 1.00. The van der Waals surface area contributed by atoms with Gasteiger partial charge in [-0.05, 0) is 0 Å². The molecular weight excluding hydrogens is 130 g/mol. The van der Waals surface area contributed by atoms with Crippen molar-refractivity contribution in [1.29, 1.82) is 0 Å². The lowest BCUT2D eigenvalue weighted by atomic mass is 10.0. The molecule has 0 saturated carbocycles. The second kappa shape index (κ2) is 1.83. The van der Waals surface area contributed by atoms with Crippen LogP contribution in [0, 0.1) is 5.92 Å². The van der Waals surface area contributed by atoms with Gasteiger partial charge in [-0.15, -0.1) is 5.11 Å². The maximum Gasteiger partial charge on any atom is 0.273 e. The topological polar surface area (TPSA) is 54.1 Å². The third-order valence-corrected chi connectivity index (χ3v) is 1.56. The van der Waals surface area contributed by atoms with Crippen molar-refractivity contribution >= 4 is 12.1 Å². The van der Waals surface area contributed by atoms with Gasteiger partial charge in [0, 0.05) is 12.4 Å². The van der Waals surface area contributed by atoms with Gasteiger partial charge in [-0.3, -0.25) is 9.79 Å². The number of fused-ring (bicyclic) bond motifs is 1. The van der Waals surface area contributed by atoms with Crippen molar-refractivity contribution in [1.82, 2.24) is 0 Å². The molecule has 0 aliphatic carbocycles. The van der Waals surface area contributed by atoms with Gasteiger partial charge in [0.05, 0.1) is 5.92 Å². The van der Waals surface area contributed by atoms with E-state index < -0.39 is 0 Å². The fraction of sp³-hybridized carbons (Fsp3) is 0.333. The van der Waals surface area contributed by atoms with Crippen LogP contribution in [0.2, 0.25) is 0 Å². The zero-order valence-electron chi connectivity index (χ0n) is 5.14. The molecule has 0 fully saturated rings. The van der Waals surface area contributed by atoms with Gasteiger partial charge in [-0.1, -0.05) is 6.08 Å². The number of hydrogen-bond donors (Lipinski definition) is 0. The second-order valence-corrected chi connectivity index (χ2v) is 2.21. The lowest BCUT2D eigenvalue weighted by molar-refractivity contribution is -0.119. The first-order valence-corrected chi connectivity index (χ1v) is 3.02. The molecule has 2 aliphatic heterocycles. The molecule has 2 aliphatic rings. The average Bonchev–Trinajstić information content (AvgIpc) is 2.34. The van der Waals surface area contributed by atoms with Gasteiger partial charge < -0.3 is 0 Å². The minimum Gasteiger partial charge on any atom is -0.270 e. The number of nitrogens with zero attached hydrogens (tertiary/aromatic N) is 3. The van der Waals surface area contributed by atoms with Crippen LogP contribution in [0.15, 0.2) is 27.5 Å². The number of hydrogen-bond acceptors (Lipinski definition) is 3. The Morgan fingerprint density at radius 3 is 3.20 bits per heavy atom. The van der Waals surface area contributed by atoms with Gasteiger partial charge in [-0.25, -0.2) is 0 Å². The first-order valence-electron chi connectivity index (χ1n) is 3.02. The van der Waals surface area contributed by atoms with Crippen molar-refractivity contribution in [3.63, 3.8) is 0 Å². The number of aliphatic imine (C=N–C) groups is 1. The summed E-state index contributed by atoms with van der Waals surface area (Å²) in [6.45, 7) is 0. The minimum atomic E-state index is -0.169. The largest absolute Gasteiger partial charge is 0.273 e. The van der Waals surface area contributed by atoms with Crippen LogP contribution in [-0.4, -0.2) is 18.2 Å². The smallest absolute Gasteiger partial charge is 0.270 e. The Hall–Kier alpha value is -1.32. The van der Waals surface area contributed by atoms with Gasteiger partial charge >= 0.3 is 0 Å². The summed E-state index contributed by atoms with van der Waals surface area (Å²) in [5.41, 5.74) is 0. The highest BCUT2D eigenvalue weighted by Crippen LogP contribution is 2.20. The van der Waals surface area contributed by atoms with Gasteiger partial charge in [0.25, 0.3) is 5.91 Å². The highest BCUT2D eigenvalue weighted by molar-refractivity contribution is 5.89. The summed E-state index contributed by atoms with van der Waals surface area (Å²) in [6, 6.07) is -0.127. The first kappa shape index (κ1) is 5.46. The van der Waals surface area contributed by atoms with Crippen LogP contribution in [0.25, 0.3) is 0 Å². The van der Waals surface area contributed by atoms with Crippen molar-refractivity contribution in [2.24, 2.45) is 21.1 Å². The molecule has 0 aromatic rings. The molecule has 0 radical (unpaired) electrons. The quantitative estimate of drug-likeness (QED) is 0.478. The molecule has 2 rings (SSSR count). The maximum atomic E-state index is 10.8. The van der Waals surface area contributed by atoms with E-state index in [1.807, 2.05) is 0 Å². The standard InChI is InChI=1S/C6H5N3O/c10-6-4-1-2-7-3-5(4)8-9-6/h1-5H/t4-,5-/m0/s1. The molecule has 1 amide bonds. The molecule has 2 heterocycles. The lowest BCUT2D eigenvalue weighted by Crippen LogP contribution is -2.20. The molecular formula is C6H5N3O. The minimum absolute atomic E-state index is 0.127. The van der Waals surface area contributed by atoms with E-state index in [1.54, 1.807) is 18.5 Å². The number of amides is 1. The molecule has 0 saturated heterocycles. The maximum absolute atomic E-state index is 10.8. The molecule has 10 heavy (non-hydrogen) atoms. The molecule has 0 unspecified atom stereocenters. The van der Waals surface area contributed by atoms with Crippen LogP contribution in [-0.2, 0) is 4.79 Å². The highest BCUT2D eigenvalue weighted by atomic mass is 16.2. The Bertz CT molecular complexity index is 252. The molecule has 4 nitrogen and oxygen atoms in total. The van der Waals surface area contributed by atoms with Crippen LogP contribution in [0.1, 0.15) is 0 Å². The summed E-state index contributed by atoms with van der Waals surface area (Å²) in [5, 5.41) is 7.14. The molecule has 0 aromatic carbocycles. The van der Waals surface area contributed by atoms with E-state index in [9.17, 15) is 4.79 Å². The highest BCUT2D eigenvalue weighted by Gasteiger charge is 2.31. The third-order valence-electron chi connectivity index (χ3n) is 1.56. The number of carbonyl (C=O) groups excluding carboxylic acids is 1. The Labute approximate surface area is 57.4 Å². The van der Waals surface area contributed by atoms with Crippen LogP contribution in [0.3, 0.4) is 0 Å². The van der Waals surface area contributed by atoms with E-state index in [2.05, 4.69) is 15.2 Å². The molecule has 4 heteroatoms. The van der Waals surface area contributed by atoms with E-state index in [0.717, 1.165) is 0 Å². The van der Waals surface area contributed by atoms with Crippen molar-refractivity contribution < 1.29 is 4.79 Å². The molecule has 0 spiro atoms. The van der Waals surface area contributed by atoms with E-state index in [4.69, 9.17) is 0 Å². The van der Waals surface area contributed by atoms with Crippen LogP contribution < -0.4 is 0 Å². The van der Waals surface area contributed by atoms with Crippen LogP contribution in [0.5, 0.6) is 0 Å². The summed E-state index contributed by atoms with van der Waals surface area (Å²) in [7, 11) is 0. The van der Waals surface area contributed by atoms with E-state index in [0.29, 0.717) is 0 Å². The van der Waals surface area contributed by atoms with E-state index in [1.165, 1.54) is 0 Å². The van der Waals surface area contributed by atoms with Crippen LogP contribution in [0.4, 0.5) is 0 Å². The van der Waals surface area contributed by atoms with Crippen molar-refractivity contribution in [2.45, 2.75) is 6.04 Å². The number of carbonyl (C=O) groups is 1. The fourth-order valence-electron chi connectivity index (χ4n) is 1.01. The summed E-state index contributed by atoms with van der Waals surface area (Å²) < 4.78 is 0. The number of rotatable bonds is 0. The molecule has 0 aromatic heterocycles. The number of azo groups is 1. The Morgan fingerprint density at radius 1 is 1.50 bits per heavy atom. The second-order valence-electron chi connectivity index (χ2n) is 2.21. The predicted molar refractivity (Wildman–Crippen MR) is 34.8 cm³/mol. The summed E-state index contributed by atoms with van der Waals surface area (Å²) in [6.07, 6.45) is 4.97. The summed E-state index contributed by atoms with van der Waals surface area (Å²) in [5.74, 6) is -0.329. The normalized spacial score (nSPS) is 35.0. The predicted octanol–water partition coefficient (Wildman–Crippen LogP) is 0.562. The van der Waals surface area contributed by atoms with Gasteiger partial charge in [0.1, 0.15) is 6.04 Å². The molecule has 0 N–H and O–H groups in total. The third kappa shape index (κ3) is 0.618. The fourth-order valence-corrected chi connectivity index (χ4v) is 1.01. The molecule has 50 valence electrons.